The summed E-state index contributed by atoms with van der Waals surface area (Å²) >= 11 is 4.10. The van der Waals surface area contributed by atoms with Gasteiger partial charge in [-0.2, -0.15) is 0 Å². The second kappa shape index (κ2) is 10.4. The van der Waals surface area contributed by atoms with E-state index in [4.69, 9.17) is 9.47 Å². The lowest BCUT2D eigenvalue weighted by molar-refractivity contribution is -0.313. The fourth-order valence-electron chi connectivity index (χ4n) is 4.52. The minimum absolute atomic E-state index is 0.0907. The summed E-state index contributed by atoms with van der Waals surface area (Å²) < 4.78 is 13.4. The second-order valence-electron chi connectivity index (χ2n) is 9.38. The van der Waals surface area contributed by atoms with Crippen LogP contribution >= 0.6 is 23.5 Å². The van der Waals surface area contributed by atoms with Crippen LogP contribution in [-0.2, 0) is 14.3 Å². The molecule has 2 atom stereocenters. The van der Waals surface area contributed by atoms with Gasteiger partial charge in [0.1, 0.15) is 0 Å². The van der Waals surface area contributed by atoms with Crippen molar-refractivity contribution in [3.8, 4) is 0 Å². The predicted octanol–water partition coefficient (Wildman–Crippen LogP) is 6.07. The molecule has 3 rings (SSSR count). The van der Waals surface area contributed by atoms with Crippen molar-refractivity contribution in [2.24, 2.45) is 17.3 Å². The normalized spacial score (nSPS) is 29.8. The third-order valence-corrected chi connectivity index (χ3v) is 9.40. The zero-order chi connectivity index (χ0) is 20.0. The van der Waals surface area contributed by atoms with Crippen LogP contribution in [0.15, 0.2) is 12.2 Å². The molecule has 1 saturated carbocycles. The first-order valence-corrected chi connectivity index (χ1v) is 13.3. The fourth-order valence-corrected chi connectivity index (χ4v) is 7.95. The predicted molar refractivity (Wildman–Crippen MR) is 121 cm³/mol. The van der Waals surface area contributed by atoms with E-state index in [1.165, 1.54) is 37.2 Å². The fraction of sp³-hybridized carbons (Fsp3) is 0.870. The number of hydrogen-bond donors (Lipinski definition) is 0. The molecule has 3 fully saturated rings. The van der Waals surface area contributed by atoms with Crippen molar-refractivity contribution < 1.29 is 14.3 Å². The first kappa shape index (κ1) is 22.7. The molecule has 1 spiro atoms. The number of hydrogen-bond acceptors (Lipinski definition) is 5. The number of carbonyl (C=O) groups excluding carboxylic acids is 1. The summed E-state index contributed by atoms with van der Waals surface area (Å²) in [7, 11) is 0. The van der Waals surface area contributed by atoms with Gasteiger partial charge in [0.05, 0.1) is 17.8 Å². The molecule has 28 heavy (non-hydrogen) atoms. The van der Waals surface area contributed by atoms with Crippen molar-refractivity contribution in [1.29, 1.82) is 0 Å². The molecule has 0 N–H and O–H groups in total. The number of unbranched alkanes of at least 4 members (excludes halogenated alkanes) is 4. The summed E-state index contributed by atoms with van der Waals surface area (Å²) in [4.78, 5) is 12.4. The maximum absolute atomic E-state index is 12.4. The molecule has 3 aliphatic rings. The molecule has 1 aliphatic carbocycles. The highest BCUT2D eigenvalue weighted by atomic mass is 32.2. The molecule has 0 amide bonds. The standard InChI is InChI=1S/C23H38O3S2/c1-4-5-6-7-8-9-19(24)11-10-18-12-13-23(20(18)21-27-14-15-28-21)25-16-22(2,3)17-26-23/h10-11,18,20-21H,4-9,12-17H2,1-3H3/b11-10+. The second-order valence-corrected chi connectivity index (χ2v) is 12.2. The number of ether oxygens (including phenoxy) is 2. The van der Waals surface area contributed by atoms with Gasteiger partial charge in [-0.1, -0.05) is 52.5 Å². The van der Waals surface area contributed by atoms with E-state index in [-0.39, 0.29) is 11.2 Å². The Balaban J connectivity index is 1.59. The summed E-state index contributed by atoms with van der Waals surface area (Å²) in [6.07, 6.45) is 12.7. The smallest absolute Gasteiger partial charge is 0.173 e. The van der Waals surface area contributed by atoms with Gasteiger partial charge in [-0.25, -0.2) is 0 Å². The summed E-state index contributed by atoms with van der Waals surface area (Å²) in [5, 5.41) is 0. The Morgan fingerprint density at radius 3 is 2.43 bits per heavy atom. The van der Waals surface area contributed by atoms with E-state index in [2.05, 4.69) is 50.4 Å². The van der Waals surface area contributed by atoms with Gasteiger partial charge in [-0.05, 0) is 24.8 Å². The highest BCUT2D eigenvalue weighted by Crippen LogP contribution is 2.55. The van der Waals surface area contributed by atoms with Crippen molar-refractivity contribution in [2.45, 2.75) is 82.5 Å². The minimum atomic E-state index is -0.442. The summed E-state index contributed by atoms with van der Waals surface area (Å²) in [5.41, 5.74) is 0.0907. The summed E-state index contributed by atoms with van der Waals surface area (Å²) in [6, 6.07) is 0. The molecule has 0 aromatic carbocycles. The SMILES string of the molecule is CCCCCCCC(=O)/C=C/C1CCC2(OCC(C)(C)CO2)C1C1SCCS1. The maximum atomic E-state index is 12.4. The Bertz CT molecular complexity index is 530. The lowest BCUT2D eigenvalue weighted by Gasteiger charge is -2.46. The van der Waals surface area contributed by atoms with Crippen molar-refractivity contribution in [1.82, 2.24) is 0 Å². The van der Waals surface area contributed by atoms with E-state index in [9.17, 15) is 4.79 Å². The molecular formula is C23H38O3S2. The Hall–Kier alpha value is 0.0300. The molecule has 2 unspecified atom stereocenters. The zero-order valence-electron chi connectivity index (χ0n) is 17.9. The van der Waals surface area contributed by atoms with Crippen LogP contribution in [0, 0.1) is 17.3 Å². The van der Waals surface area contributed by atoms with Gasteiger partial charge in [0.25, 0.3) is 0 Å². The maximum Gasteiger partial charge on any atom is 0.173 e. The van der Waals surface area contributed by atoms with E-state index in [1.807, 2.05) is 6.08 Å². The third-order valence-electron chi connectivity index (χ3n) is 6.21. The van der Waals surface area contributed by atoms with E-state index < -0.39 is 5.79 Å². The molecule has 0 aromatic heterocycles. The summed E-state index contributed by atoms with van der Waals surface area (Å²) in [5.74, 6) is 2.99. The van der Waals surface area contributed by atoms with Crippen molar-refractivity contribution >= 4 is 29.3 Å². The highest BCUT2D eigenvalue weighted by Gasteiger charge is 2.56. The van der Waals surface area contributed by atoms with Crippen LogP contribution in [0.4, 0.5) is 0 Å². The third kappa shape index (κ3) is 5.80. The van der Waals surface area contributed by atoms with Crippen LogP contribution in [0.2, 0.25) is 0 Å². The molecule has 0 radical (unpaired) electrons. The van der Waals surface area contributed by atoms with Gasteiger partial charge in [-0.3, -0.25) is 4.79 Å². The Morgan fingerprint density at radius 1 is 1.07 bits per heavy atom. The Labute approximate surface area is 180 Å². The molecule has 2 saturated heterocycles. The molecule has 2 aliphatic heterocycles. The lowest BCUT2D eigenvalue weighted by Crippen LogP contribution is -2.52. The van der Waals surface area contributed by atoms with E-state index in [0.29, 0.717) is 22.8 Å². The first-order valence-electron chi connectivity index (χ1n) is 11.2. The zero-order valence-corrected chi connectivity index (χ0v) is 19.5. The van der Waals surface area contributed by atoms with Crippen molar-refractivity contribution in [3.05, 3.63) is 12.2 Å². The van der Waals surface area contributed by atoms with Crippen LogP contribution in [-0.4, -0.2) is 40.9 Å². The van der Waals surface area contributed by atoms with E-state index >= 15 is 0 Å². The number of rotatable bonds is 9. The summed E-state index contributed by atoms with van der Waals surface area (Å²) in [6.45, 7) is 8.16. The molecule has 0 bridgehead atoms. The number of thioether (sulfide) groups is 2. The molecule has 160 valence electrons. The monoisotopic (exact) mass is 426 g/mol. The van der Waals surface area contributed by atoms with Crippen LogP contribution < -0.4 is 0 Å². The van der Waals surface area contributed by atoms with Gasteiger partial charge in [0.15, 0.2) is 11.6 Å². The quantitative estimate of drug-likeness (QED) is 0.330. The average Bonchev–Trinajstić information content (AvgIpc) is 3.30. The molecule has 2 heterocycles. The number of allylic oxidation sites excluding steroid dienone is 2. The Kier molecular flexibility index (Phi) is 8.41. The molecular weight excluding hydrogens is 388 g/mol. The van der Waals surface area contributed by atoms with E-state index in [0.717, 1.165) is 32.5 Å². The minimum Gasteiger partial charge on any atom is -0.349 e. The van der Waals surface area contributed by atoms with Gasteiger partial charge in [0, 0.05) is 35.7 Å². The topological polar surface area (TPSA) is 35.5 Å². The lowest BCUT2D eigenvalue weighted by atomic mass is 9.90. The molecule has 5 heteroatoms. The first-order chi connectivity index (χ1) is 13.5. The van der Waals surface area contributed by atoms with Crippen molar-refractivity contribution in [3.63, 3.8) is 0 Å². The molecule has 3 nitrogen and oxygen atoms in total. The number of carbonyl (C=O) groups is 1. The van der Waals surface area contributed by atoms with Crippen molar-refractivity contribution in [2.75, 3.05) is 24.7 Å². The van der Waals surface area contributed by atoms with Crippen LogP contribution in [0.1, 0.15) is 72.1 Å². The van der Waals surface area contributed by atoms with Crippen LogP contribution in [0.25, 0.3) is 0 Å². The largest absolute Gasteiger partial charge is 0.349 e. The highest BCUT2D eigenvalue weighted by molar-refractivity contribution is 8.20. The van der Waals surface area contributed by atoms with Gasteiger partial charge >= 0.3 is 0 Å². The van der Waals surface area contributed by atoms with Gasteiger partial charge in [-0.15, -0.1) is 23.5 Å². The van der Waals surface area contributed by atoms with Gasteiger partial charge < -0.3 is 9.47 Å². The van der Waals surface area contributed by atoms with Gasteiger partial charge in [0.2, 0.25) is 0 Å². The number of ketones is 1. The Morgan fingerprint density at radius 2 is 1.75 bits per heavy atom. The van der Waals surface area contributed by atoms with Crippen LogP contribution in [0.3, 0.4) is 0 Å². The average molecular weight is 427 g/mol. The molecule has 0 aromatic rings. The van der Waals surface area contributed by atoms with E-state index in [1.54, 1.807) is 0 Å². The van der Waals surface area contributed by atoms with Crippen LogP contribution in [0.5, 0.6) is 0 Å².